The second-order valence-corrected chi connectivity index (χ2v) is 2.96. The van der Waals surface area contributed by atoms with Crippen LogP contribution >= 0.6 is 0 Å². The zero-order valence-corrected chi connectivity index (χ0v) is 8.08. The Labute approximate surface area is 81.7 Å². The van der Waals surface area contributed by atoms with Crippen molar-refractivity contribution in [3.05, 3.63) is 11.6 Å². The summed E-state index contributed by atoms with van der Waals surface area (Å²) < 4.78 is 0. The van der Waals surface area contributed by atoms with E-state index in [0.717, 1.165) is 25.1 Å². The summed E-state index contributed by atoms with van der Waals surface area (Å²) in [5.74, 6) is 1.30. The van der Waals surface area contributed by atoms with Gasteiger partial charge in [0.25, 0.3) is 0 Å². The molecule has 0 spiro atoms. The molecule has 1 heterocycles. The van der Waals surface area contributed by atoms with Crippen LogP contribution in [0.1, 0.15) is 31.4 Å². The third-order valence-corrected chi connectivity index (χ3v) is 1.74. The third kappa shape index (κ3) is 3.42. The van der Waals surface area contributed by atoms with Crippen molar-refractivity contribution in [2.75, 3.05) is 0 Å². The molecular formula is C8H14N4O2. The molecule has 0 bridgehead atoms. The predicted molar refractivity (Wildman–Crippen MR) is 49.9 cm³/mol. The van der Waals surface area contributed by atoms with E-state index in [0.29, 0.717) is 5.82 Å². The highest BCUT2D eigenvalue weighted by molar-refractivity contribution is 5.64. The largest absolute Gasteiger partial charge is 0.465 e. The molecule has 0 aliphatic rings. The molecule has 0 saturated heterocycles. The van der Waals surface area contributed by atoms with E-state index in [1.54, 1.807) is 0 Å². The fourth-order valence-electron chi connectivity index (χ4n) is 1.02. The molecule has 6 heteroatoms. The quantitative estimate of drug-likeness (QED) is 0.656. The fraction of sp³-hybridized carbons (Fsp3) is 0.625. The SMILES string of the molecule is CCCCc1nc(CNC(=O)O)n[nH]1. The van der Waals surface area contributed by atoms with Crippen molar-refractivity contribution in [1.29, 1.82) is 0 Å². The standard InChI is InChI=1S/C8H14N4O2/c1-2-3-4-6-10-7(12-11-6)5-9-8(13)14/h9H,2-5H2,1H3,(H,13,14)(H,10,11,12). The van der Waals surface area contributed by atoms with Gasteiger partial charge in [-0.1, -0.05) is 13.3 Å². The normalized spacial score (nSPS) is 10.1. The highest BCUT2D eigenvalue weighted by Crippen LogP contribution is 1.98. The van der Waals surface area contributed by atoms with Crippen molar-refractivity contribution >= 4 is 6.09 Å². The molecule has 1 amide bonds. The van der Waals surface area contributed by atoms with Crippen molar-refractivity contribution in [2.24, 2.45) is 0 Å². The summed E-state index contributed by atoms with van der Waals surface area (Å²) >= 11 is 0. The summed E-state index contributed by atoms with van der Waals surface area (Å²) in [6.45, 7) is 2.25. The van der Waals surface area contributed by atoms with Crippen molar-refractivity contribution in [1.82, 2.24) is 20.5 Å². The molecular weight excluding hydrogens is 184 g/mol. The van der Waals surface area contributed by atoms with Crippen LogP contribution in [0.4, 0.5) is 4.79 Å². The Bertz CT molecular complexity index is 297. The number of amides is 1. The Morgan fingerprint density at radius 2 is 2.43 bits per heavy atom. The van der Waals surface area contributed by atoms with E-state index in [9.17, 15) is 4.79 Å². The van der Waals surface area contributed by atoms with Crippen LogP contribution in [0.15, 0.2) is 0 Å². The highest BCUT2D eigenvalue weighted by Gasteiger charge is 2.03. The average Bonchev–Trinajstić information content (AvgIpc) is 2.59. The van der Waals surface area contributed by atoms with Crippen LogP contribution in [0.25, 0.3) is 0 Å². The molecule has 0 aromatic carbocycles. The van der Waals surface area contributed by atoms with Crippen LogP contribution in [-0.4, -0.2) is 26.4 Å². The summed E-state index contributed by atoms with van der Waals surface area (Å²) in [4.78, 5) is 14.3. The first-order valence-electron chi connectivity index (χ1n) is 4.59. The lowest BCUT2D eigenvalue weighted by molar-refractivity contribution is 0.193. The van der Waals surface area contributed by atoms with Gasteiger partial charge in [-0.25, -0.2) is 9.78 Å². The molecule has 3 N–H and O–H groups in total. The number of aryl methyl sites for hydroxylation is 1. The molecule has 14 heavy (non-hydrogen) atoms. The van der Waals surface area contributed by atoms with Gasteiger partial charge in [0.15, 0.2) is 5.82 Å². The highest BCUT2D eigenvalue weighted by atomic mass is 16.4. The van der Waals surface area contributed by atoms with Gasteiger partial charge in [0, 0.05) is 6.42 Å². The van der Waals surface area contributed by atoms with E-state index >= 15 is 0 Å². The fourth-order valence-corrected chi connectivity index (χ4v) is 1.02. The number of hydrogen-bond donors (Lipinski definition) is 3. The minimum absolute atomic E-state index is 0.151. The zero-order chi connectivity index (χ0) is 10.4. The summed E-state index contributed by atoms with van der Waals surface area (Å²) in [7, 11) is 0. The number of nitrogens with one attached hydrogen (secondary N) is 2. The Balaban J connectivity index is 2.38. The van der Waals surface area contributed by atoms with Crippen LogP contribution in [-0.2, 0) is 13.0 Å². The lowest BCUT2D eigenvalue weighted by atomic mass is 10.2. The van der Waals surface area contributed by atoms with Crippen molar-refractivity contribution in [3.63, 3.8) is 0 Å². The zero-order valence-electron chi connectivity index (χ0n) is 8.08. The maximum absolute atomic E-state index is 10.2. The van der Waals surface area contributed by atoms with Gasteiger partial charge < -0.3 is 10.4 Å². The van der Waals surface area contributed by atoms with Gasteiger partial charge in [-0.15, -0.1) is 0 Å². The van der Waals surface area contributed by atoms with Gasteiger partial charge in [-0.3, -0.25) is 5.10 Å². The number of hydrogen-bond acceptors (Lipinski definition) is 3. The predicted octanol–water partition coefficient (Wildman–Crippen LogP) is 0.915. The molecule has 1 aromatic heterocycles. The maximum Gasteiger partial charge on any atom is 0.405 e. The Morgan fingerprint density at radius 3 is 3.07 bits per heavy atom. The number of carbonyl (C=O) groups is 1. The van der Waals surface area contributed by atoms with Crippen LogP contribution in [0, 0.1) is 0 Å². The van der Waals surface area contributed by atoms with Crippen molar-refractivity contribution in [3.8, 4) is 0 Å². The molecule has 6 nitrogen and oxygen atoms in total. The van der Waals surface area contributed by atoms with Crippen LogP contribution in [0.2, 0.25) is 0 Å². The van der Waals surface area contributed by atoms with E-state index in [1.807, 2.05) is 0 Å². The second kappa shape index (κ2) is 5.21. The third-order valence-electron chi connectivity index (χ3n) is 1.74. The molecule has 78 valence electrons. The summed E-state index contributed by atoms with van der Waals surface area (Å²) in [5.41, 5.74) is 0. The Hall–Kier alpha value is -1.59. The first kappa shape index (κ1) is 10.5. The molecule has 0 atom stereocenters. The molecule has 0 saturated carbocycles. The first-order valence-corrected chi connectivity index (χ1v) is 4.59. The first-order chi connectivity index (χ1) is 6.72. The lowest BCUT2D eigenvalue weighted by Gasteiger charge is -1.93. The topological polar surface area (TPSA) is 90.9 Å². The second-order valence-electron chi connectivity index (χ2n) is 2.96. The summed E-state index contributed by atoms with van der Waals surface area (Å²) in [5, 5.41) is 17.2. The minimum Gasteiger partial charge on any atom is -0.465 e. The van der Waals surface area contributed by atoms with Crippen molar-refractivity contribution in [2.45, 2.75) is 32.7 Å². The number of rotatable bonds is 5. The van der Waals surface area contributed by atoms with Gasteiger partial charge in [0.1, 0.15) is 5.82 Å². The summed E-state index contributed by atoms with van der Waals surface area (Å²) in [6.07, 6.45) is 1.95. The lowest BCUT2D eigenvalue weighted by Crippen LogP contribution is -2.20. The number of nitrogens with zero attached hydrogens (tertiary/aromatic N) is 2. The van der Waals surface area contributed by atoms with E-state index in [1.165, 1.54) is 0 Å². The number of unbranched alkanes of at least 4 members (excludes halogenated alkanes) is 1. The molecule has 0 aliphatic heterocycles. The minimum atomic E-state index is -1.06. The van der Waals surface area contributed by atoms with Crippen LogP contribution < -0.4 is 5.32 Å². The number of carboxylic acid groups (broad SMARTS) is 1. The molecule has 0 aliphatic carbocycles. The van der Waals surface area contributed by atoms with Gasteiger partial charge in [-0.2, -0.15) is 5.10 Å². The maximum atomic E-state index is 10.2. The monoisotopic (exact) mass is 198 g/mol. The summed E-state index contributed by atoms with van der Waals surface area (Å²) in [6, 6.07) is 0. The Morgan fingerprint density at radius 1 is 1.64 bits per heavy atom. The van der Waals surface area contributed by atoms with Crippen molar-refractivity contribution < 1.29 is 9.90 Å². The van der Waals surface area contributed by atoms with Gasteiger partial charge >= 0.3 is 6.09 Å². The average molecular weight is 198 g/mol. The molecule has 1 aromatic rings. The van der Waals surface area contributed by atoms with Crippen LogP contribution in [0.3, 0.4) is 0 Å². The van der Waals surface area contributed by atoms with E-state index in [4.69, 9.17) is 5.11 Å². The molecule has 0 radical (unpaired) electrons. The smallest absolute Gasteiger partial charge is 0.405 e. The van der Waals surface area contributed by atoms with Crippen LogP contribution in [0.5, 0.6) is 0 Å². The Kier molecular flexibility index (Phi) is 3.90. The number of H-pyrrole nitrogens is 1. The van der Waals surface area contributed by atoms with E-state index in [-0.39, 0.29) is 6.54 Å². The molecule has 0 unspecified atom stereocenters. The molecule has 1 rings (SSSR count). The van der Waals surface area contributed by atoms with Gasteiger partial charge in [-0.05, 0) is 6.42 Å². The van der Waals surface area contributed by atoms with Gasteiger partial charge in [0.05, 0.1) is 6.54 Å². The van der Waals surface area contributed by atoms with E-state index < -0.39 is 6.09 Å². The van der Waals surface area contributed by atoms with E-state index in [2.05, 4.69) is 27.4 Å². The molecule has 0 fully saturated rings. The van der Waals surface area contributed by atoms with Gasteiger partial charge in [0.2, 0.25) is 0 Å². The number of aromatic amines is 1. The number of aromatic nitrogens is 3.